The van der Waals surface area contributed by atoms with Crippen molar-refractivity contribution < 1.29 is 4.79 Å². The van der Waals surface area contributed by atoms with Crippen LogP contribution in [0.15, 0.2) is 0 Å². The minimum Gasteiger partial charge on any atom is -0.338 e. The number of carbonyl (C=O) groups excluding carboxylic acids is 1. The Morgan fingerprint density at radius 2 is 2.12 bits per heavy atom. The van der Waals surface area contributed by atoms with Gasteiger partial charge in [-0.15, -0.1) is 0 Å². The number of carbonyl (C=O) groups is 1. The number of rotatable bonds is 3. The molecule has 0 aromatic rings. The highest BCUT2D eigenvalue weighted by Gasteiger charge is 2.17. The molecule has 0 bridgehead atoms. The Hall–Kier alpha value is -0.420. The van der Waals surface area contributed by atoms with Gasteiger partial charge >= 0.3 is 6.03 Å². The predicted octanol–water partition coefficient (Wildman–Crippen LogP) is 1.18. The van der Waals surface area contributed by atoms with Crippen LogP contribution in [0.25, 0.3) is 0 Å². The van der Waals surface area contributed by atoms with Crippen molar-refractivity contribution in [1.29, 1.82) is 0 Å². The van der Waals surface area contributed by atoms with Crippen molar-refractivity contribution in [2.75, 3.05) is 31.1 Å². The van der Waals surface area contributed by atoms with Crippen molar-refractivity contribution in [1.82, 2.24) is 16.0 Å². The van der Waals surface area contributed by atoms with E-state index in [2.05, 4.69) is 16.0 Å². The number of nitrogens with one attached hydrogen (secondary N) is 3. The fourth-order valence-corrected chi connectivity index (χ4v) is 3.56. The standard InChI is InChI=1S/C12H23N3OS/c16-12(15-11-3-5-13-6-4-11)14-8-10-2-1-7-17-9-10/h10-11,13H,1-9H2,(H2,14,15,16). The fourth-order valence-electron chi connectivity index (χ4n) is 2.41. The monoisotopic (exact) mass is 257 g/mol. The second-order valence-electron chi connectivity index (χ2n) is 4.96. The lowest BCUT2D eigenvalue weighted by atomic mass is 10.1. The van der Waals surface area contributed by atoms with Crippen LogP contribution in [0.5, 0.6) is 0 Å². The van der Waals surface area contributed by atoms with Crippen LogP contribution in [0.4, 0.5) is 4.79 Å². The zero-order chi connectivity index (χ0) is 11.9. The van der Waals surface area contributed by atoms with Gasteiger partial charge in [0.25, 0.3) is 0 Å². The van der Waals surface area contributed by atoms with Crippen molar-refractivity contribution in [2.45, 2.75) is 31.7 Å². The number of amides is 2. The molecule has 2 saturated heterocycles. The fraction of sp³-hybridized carbons (Fsp3) is 0.917. The molecule has 0 aromatic carbocycles. The summed E-state index contributed by atoms with van der Waals surface area (Å²) >= 11 is 2.01. The van der Waals surface area contributed by atoms with Crippen molar-refractivity contribution in [2.24, 2.45) is 5.92 Å². The van der Waals surface area contributed by atoms with Gasteiger partial charge in [-0.25, -0.2) is 4.79 Å². The van der Waals surface area contributed by atoms with E-state index in [1.54, 1.807) is 0 Å². The first-order valence-electron chi connectivity index (χ1n) is 6.67. The van der Waals surface area contributed by atoms with Crippen molar-refractivity contribution in [3.8, 4) is 0 Å². The summed E-state index contributed by atoms with van der Waals surface area (Å²) in [4.78, 5) is 11.7. The molecule has 0 saturated carbocycles. The third kappa shape index (κ3) is 4.76. The van der Waals surface area contributed by atoms with Crippen molar-refractivity contribution in [3.05, 3.63) is 0 Å². The van der Waals surface area contributed by atoms with Crippen LogP contribution in [0, 0.1) is 5.92 Å². The van der Waals surface area contributed by atoms with E-state index in [0.29, 0.717) is 12.0 Å². The number of thioether (sulfide) groups is 1. The Balaban J connectivity index is 1.59. The highest BCUT2D eigenvalue weighted by molar-refractivity contribution is 7.99. The van der Waals surface area contributed by atoms with Crippen LogP contribution < -0.4 is 16.0 Å². The maximum absolute atomic E-state index is 11.7. The Labute approximate surface area is 108 Å². The van der Waals surface area contributed by atoms with E-state index in [-0.39, 0.29) is 6.03 Å². The molecule has 1 atom stereocenters. The molecular weight excluding hydrogens is 234 g/mol. The Morgan fingerprint density at radius 1 is 1.29 bits per heavy atom. The molecule has 4 nitrogen and oxygen atoms in total. The Bertz CT molecular complexity index is 238. The summed E-state index contributed by atoms with van der Waals surface area (Å²) < 4.78 is 0. The molecule has 1 unspecified atom stereocenters. The van der Waals surface area contributed by atoms with Crippen LogP contribution in [0.1, 0.15) is 25.7 Å². The number of urea groups is 1. The topological polar surface area (TPSA) is 53.2 Å². The molecule has 17 heavy (non-hydrogen) atoms. The van der Waals surface area contributed by atoms with Crippen molar-refractivity contribution in [3.63, 3.8) is 0 Å². The van der Waals surface area contributed by atoms with E-state index < -0.39 is 0 Å². The van der Waals surface area contributed by atoms with Gasteiger partial charge in [-0.2, -0.15) is 11.8 Å². The molecule has 2 rings (SSSR count). The molecule has 2 heterocycles. The number of hydrogen-bond donors (Lipinski definition) is 3. The lowest BCUT2D eigenvalue weighted by Crippen LogP contribution is -2.47. The molecule has 2 fully saturated rings. The second-order valence-corrected chi connectivity index (χ2v) is 6.11. The van der Waals surface area contributed by atoms with Gasteiger partial charge in [0.2, 0.25) is 0 Å². The predicted molar refractivity (Wildman–Crippen MR) is 72.5 cm³/mol. The van der Waals surface area contributed by atoms with Crippen LogP contribution in [0.3, 0.4) is 0 Å². The summed E-state index contributed by atoms with van der Waals surface area (Å²) in [5.74, 6) is 3.17. The van der Waals surface area contributed by atoms with Gasteiger partial charge in [0.15, 0.2) is 0 Å². The van der Waals surface area contributed by atoms with E-state index in [1.165, 1.54) is 24.3 Å². The van der Waals surface area contributed by atoms with Gasteiger partial charge < -0.3 is 16.0 Å². The maximum Gasteiger partial charge on any atom is 0.315 e. The zero-order valence-corrected chi connectivity index (χ0v) is 11.2. The normalized spacial score (nSPS) is 26.5. The summed E-state index contributed by atoms with van der Waals surface area (Å²) in [6, 6.07) is 0.379. The van der Waals surface area contributed by atoms with Gasteiger partial charge in [0.1, 0.15) is 0 Å². The first-order valence-corrected chi connectivity index (χ1v) is 7.83. The van der Waals surface area contributed by atoms with E-state index in [1.807, 2.05) is 11.8 Å². The van der Waals surface area contributed by atoms with Gasteiger partial charge in [0, 0.05) is 12.6 Å². The molecule has 0 radical (unpaired) electrons. The highest BCUT2D eigenvalue weighted by Crippen LogP contribution is 2.21. The van der Waals surface area contributed by atoms with E-state index in [0.717, 1.165) is 32.5 Å². The number of piperidine rings is 1. The van der Waals surface area contributed by atoms with E-state index in [9.17, 15) is 4.79 Å². The summed E-state index contributed by atoms with van der Waals surface area (Å²) in [6.45, 7) is 2.87. The van der Waals surface area contributed by atoms with Gasteiger partial charge in [0.05, 0.1) is 0 Å². The zero-order valence-electron chi connectivity index (χ0n) is 10.3. The summed E-state index contributed by atoms with van der Waals surface area (Å²) in [7, 11) is 0. The molecule has 98 valence electrons. The third-order valence-electron chi connectivity index (χ3n) is 3.48. The molecule has 2 aliphatic rings. The highest BCUT2D eigenvalue weighted by atomic mass is 32.2. The lowest BCUT2D eigenvalue weighted by Gasteiger charge is -2.25. The number of hydrogen-bond acceptors (Lipinski definition) is 3. The Morgan fingerprint density at radius 3 is 2.82 bits per heavy atom. The van der Waals surface area contributed by atoms with Crippen molar-refractivity contribution >= 4 is 17.8 Å². The molecule has 3 N–H and O–H groups in total. The SMILES string of the molecule is O=C(NCC1CCCSC1)NC1CCNCC1. The summed E-state index contributed by atoms with van der Waals surface area (Å²) in [5.41, 5.74) is 0. The minimum atomic E-state index is 0.0208. The maximum atomic E-state index is 11.7. The first-order chi connectivity index (χ1) is 8.34. The minimum absolute atomic E-state index is 0.0208. The van der Waals surface area contributed by atoms with Crippen LogP contribution in [-0.4, -0.2) is 43.2 Å². The smallest absolute Gasteiger partial charge is 0.315 e. The second kappa shape index (κ2) is 7.11. The summed E-state index contributed by atoms with van der Waals surface area (Å²) in [5, 5.41) is 9.37. The molecule has 2 amide bonds. The van der Waals surface area contributed by atoms with E-state index >= 15 is 0 Å². The molecule has 0 aromatic heterocycles. The molecular formula is C12H23N3OS. The Kier molecular flexibility index (Phi) is 5.45. The molecule has 2 aliphatic heterocycles. The molecule has 0 spiro atoms. The van der Waals surface area contributed by atoms with Gasteiger partial charge in [-0.1, -0.05) is 0 Å². The lowest BCUT2D eigenvalue weighted by molar-refractivity contribution is 0.231. The average Bonchev–Trinajstić information content (AvgIpc) is 2.39. The third-order valence-corrected chi connectivity index (χ3v) is 4.76. The largest absolute Gasteiger partial charge is 0.338 e. The van der Waals surface area contributed by atoms with E-state index in [4.69, 9.17) is 0 Å². The van der Waals surface area contributed by atoms with Crippen LogP contribution in [-0.2, 0) is 0 Å². The summed E-state index contributed by atoms with van der Waals surface area (Å²) in [6.07, 6.45) is 4.66. The van der Waals surface area contributed by atoms with Gasteiger partial charge in [-0.05, 0) is 56.2 Å². The molecule has 0 aliphatic carbocycles. The van der Waals surface area contributed by atoms with Crippen LogP contribution >= 0.6 is 11.8 Å². The molecule has 5 heteroatoms. The average molecular weight is 257 g/mol. The first kappa shape index (κ1) is 13.0. The van der Waals surface area contributed by atoms with Gasteiger partial charge in [-0.3, -0.25) is 0 Å². The quantitative estimate of drug-likeness (QED) is 0.711. The van der Waals surface area contributed by atoms with Crippen LogP contribution in [0.2, 0.25) is 0 Å².